The molecular formula is C39H58O8. The minimum atomic E-state index is -0.991. The molecule has 1 aliphatic carbocycles. The van der Waals surface area contributed by atoms with E-state index in [2.05, 4.69) is 56.3 Å². The number of hydrogen-bond donors (Lipinski definition) is 3. The lowest BCUT2D eigenvalue weighted by molar-refractivity contribution is -0.439. The van der Waals surface area contributed by atoms with E-state index in [0.29, 0.717) is 23.3 Å². The Bertz CT molecular complexity index is 1220. The number of carbonyl (C=O) groups excluding carboxylic acids is 1. The molecule has 0 spiro atoms. The molecule has 0 atom stereocenters. The monoisotopic (exact) mass is 654 g/mol. The van der Waals surface area contributed by atoms with Crippen LogP contribution in [0.15, 0.2) is 60.9 Å². The van der Waals surface area contributed by atoms with Crippen molar-refractivity contribution in [2.75, 3.05) is 6.61 Å². The van der Waals surface area contributed by atoms with Crippen molar-refractivity contribution in [3.63, 3.8) is 0 Å². The first-order valence-corrected chi connectivity index (χ1v) is 17.5. The lowest BCUT2D eigenvalue weighted by Crippen LogP contribution is -2.14. The molecule has 0 saturated heterocycles. The number of rotatable bonds is 20. The first-order valence-electron chi connectivity index (χ1n) is 17.5. The van der Waals surface area contributed by atoms with Crippen molar-refractivity contribution in [1.29, 1.82) is 0 Å². The highest BCUT2D eigenvalue weighted by molar-refractivity contribution is 5.84. The summed E-state index contributed by atoms with van der Waals surface area (Å²) in [5.41, 5.74) is 5.53. The van der Waals surface area contributed by atoms with Gasteiger partial charge in [0.05, 0.1) is 6.61 Å². The van der Waals surface area contributed by atoms with Crippen molar-refractivity contribution in [1.82, 2.24) is 0 Å². The molecule has 0 amide bonds. The number of benzene rings is 2. The van der Waals surface area contributed by atoms with Crippen molar-refractivity contribution in [3.8, 4) is 11.5 Å². The topological polar surface area (TPSA) is 115 Å². The lowest BCUT2D eigenvalue weighted by Gasteiger charge is -2.30. The predicted octanol–water partition coefficient (Wildman–Crippen LogP) is 10.4. The van der Waals surface area contributed by atoms with Gasteiger partial charge in [0.2, 0.25) is 0 Å². The highest BCUT2D eigenvalue weighted by atomic mass is 17.5. The van der Waals surface area contributed by atoms with E-state index in [-0.39, 0.29) is 6.61 Å². The van der Waals surface area contributed by atoms with Crippen LogP contribution in [0.3, 0.4) is 0 Å². The van der Waals surface area contributed by atoms with Crippen LogP contribution in [0.25, 0.3) is 0 Å². The summed E-state index contributed by atoms with van der Waals surface area (Å²) in [4.78, 5) is 26.8. The molecule has 0 bridgehead atoms. The second kappa shape index (κ2) is 23.1. The fourth-order valence-corrected chi connectivity index (χ4v) is 6.03. The van der Waals surface area contributed by atoms with Gasteiger partial charge in [-0.1, -0.05) is 102 Å². The third kappa shape index (κ3) is 15.0. The van der Waals surface area contributed by atoms with Gasteiger partial charge in [0.15, 0.2) is 17.3 Å². The zero-order valence-electron chi connectivity index (χ0n) is 28.9. The van der Waals surface area contributed by atoms with E-state index in [1.54, 1.807) is 6.92 Å². The molecule has 1 aliphatic rings. The molecule has 1 fully saturated rings. The number of carbonyl (C=O) groups is 1. The Morgan fingerprint density at radius 3 is 1.55 bits per heavy atom. The lowest BCUT2D eigenvalue weighted by atomic mass is 9.75. The smallest absolute Gasteiger partial charge is 0.419 e. The molecule has 1 saturated carbocycles. The van der Waals surface area contributed by atoms with E-state index < -0.39 is 11.7 Å². The Morgan fingerprint density at radius 2 is 1.17 bits per heavy atom. The SMILES string of the molecule is C=C(C)CO.C=C(O)C(=O)OOc1ccc(C2CCC(c3ccc(OOO)c(CCCCCCC)c3)CC2)cc1CCCCCCC. The molecule has 3 rings (SSSR count). The molecule has 8 nitrogen and oxygen atoms in total. The molecular weight excluding hydrogens is 596 g/mol. The summed E-state index contributed by atoms with van der Waals surface area (Å²) in [7, 11) is 0. The average Bonchev–Trinajstić information content (AvgIpc) is 3.08. The summed E-state index contributed by atoms with van der Waals surface area (Å²) in [6.07, 6.45) is 17.9. The first-order chi connectivity index (χ1) is 22.7. The van der Waals surface area contributed by atoms with E-state index in [4.69, 9.17) is 25.0 Å². The molecule has 0 heterocycles. The Labute approximate surface area is 282 Å². The van der Waals surface area contributed by atoms with Gasteiger partial charge in [-0.3, -0.25) is 4.89 Å². The highest BCUT2D eigenvalue weighted by Gasteiger charge is 2.25. The van der Waals surface area contributed by atoms with Gasteiger partial charge in [0.25, 0.3) is 0 Å². The molecule has 0 unspecified atom stereocenters. The maximum absolute atomic E-state index is 11.7. The zero-order chi connectivity index (χ0) is 34.4. The van der Waals surface area contributed by atoms with E-state index in [9.17, 15) is 9.90 Å². The van der Waals surface area contributed by atoms with Gasteiger partial charge in [-0.15, -0.1) is 0 Å². The van der Waals surface area contributed by atoms with Crippen LogP contribution in [-0.2, 0) is 27.6 Å². The maximum atomic E-state index is 11.7. The Kier molecular flexibility index (Phi) is 19.6. The Balaban J connectivity index is 0.00000142. The molecule has 2 aromatic carbocycles. The standard InChI is InChI=1S/C35H50O7.C4H8O/c1-4-6-8-10-12-14-31-24-29(20-22-33(31)39-41-35(37)26(3)36)27-16-18-28(19-17-27)30-21-23-34(40-42-38)32(25-30)15-13-11-9-7-5-2;1-4(2)3-5/h20-25,27-28,36,38H,3-19H2,1-2H3;5H,1,3H2,2H3. The van der Waals surface area contributed by atoms with Crippen LogP contribution < -0.4 is 9.78 Å². The molecule has 0 radical (unpaired) electrons. The average molecular weight is 655 g/mol. The van der Waals surface area contributed by atoms with Crippen molar-refractivity contribution in [2.24, 2.45) is 0 Å². The molecule has 0 aromatic heterocycles. The van der Waals surface area contributed by atoms with Crippen LogP contribution in [0.1, 0.15) is 145 Å². The molecule has 2 aromatic rings. The molecule has 8 heteroatoms. The maximum Gasteiger partial charge on any atom is 0.419 e. The Hall–Kier alpha value is -3.33. The van der Waals surface area contributed by atoms with Crippen molar-refractivity contribution in [2.45, 2.75) is 135 Å². The molecule has 0 aliphatic heterocycles. The fourth-order valence-electron chi connectivity index (χ4n) is 6.03. The minimum absolute atomic E-state index is 0.111. The number of hydrogen-bond acceptors (Lipinski definition) is 8. The normalized spacial score (nSPS) is 15.7. The molecule has 262 valence electrons. The van der Waals surface area contributed by atoms with Crippen LogP contribution in [-0.4, -0.2) is 28.0 Å². The number of aliphatic hydroxyl groups is 2. The number of aryl methyl sites for hydroxylation is 2. The van der Waals surface area contributed by atoms with Crippen LogP contribution >= 0.6 is 0 Å². The van der Waals surface area contributed by atoms with Crippen molar-refractivity contribution < 1.29 is 40.0 Å². The van der Waals surface area contributed by atoms with Gasteiger partial charge >= 0.3 is 5.97 Å². The third-order valence-corrected chi connectivity index (χ3v) is 8.78. The van der Waals surface area contributed by atoms with Crippen LogP contribution in [0.5, 0.6) is 11.5 Å². The third-order valence-electron chi connectivity index (χ3n) is 8.78. The van der Waals surface area contributed by atoms with Crippen LogP contribution in [0.2, 0.25) is 0 Å². The van der Waals surface area contributed by atoms with Gasteiger partial charge in [0.1, 0.15) is 0 Å². The minimum Gasteiger partial charge on any atom is -0.502 e. The second-order valence-corrected chi connectivity index (χ2v) is 12.8. The summed E-state index contributed by atoms with van der Waals surface area (Å²) in [6.45, 7) is 12.9. The van der Waals surface area contributed by atoms with Crippen molar-refractivity contribution in [3.05, 3.63) is 83.1 Å². The van der Waals surface area contributed by atoms with E-state index in [0.717, 1.165) is 74.5 Å². The van der Waals surface area contributed by atoms with Crippen molar-refractivity contribution >= 4 is 5.97 Å². The second-order valence-electron chi connectivity index (χ2n) is 12.8. The zero-order valence-corrected chi connectivity index (χ0v) is 28.9. The van der Waals surface area contributed by atoms with E-state index in [1.165, 1.54) is 56.1 Å². The summed E-state index contributed by atoms with van der Waals surface area (Å²) in [5, 5.41) is 30.2. The summed E-state index contributed by atoms with van der Waals surface area (Å²) >= 11 is 0. The molecule has 3 N–H and O–H groups in total. The van der Waals surface area contributed by atoms with Gasteiger partial charge < -0.3 is 15.1 Å². The van der Waals surface area contributed by atoms with Gasteiger partial charge in [-0.25, -0.2) is 14.9 Å². The summed E-state index contributed by atoms with van der Waals surface area (Å²) < 4.78 is 0. The van der Waals surface area contributed by atoms with Crippen LogP contribution in [0, 0.1) is 0 Å². The van der Waals surface area contributed by atoms with Gasteiger partial charge in [-0.2, -0.15) is 0 Å². The highest BCUT2D eigenvalue weighted by Crippen LogP contribution is 2.42. The van der Waals surface area contributed by atoms with Gasteiger partial charge in [-0.05, 0) is 116 Å². The van der Waals surface area contributed by atoms with Crippen LogP contribution in [0.4, 0.5) is 0 Å². The quantitative estimate of drug-likeness (QED) is 0.0323. The molecule has 47 heavy (non-hydrogen) atoms. The first kappa shape index (κ1) is 39.8. The van der Waals surface area contributed by atoms with E-state index >= 15 is 0 Å². The largest absolute Gasteiger partial charge is 0.502 e. The predicted molar refractivity (Wildman–Crippen MR) is 186 cm³/mol. The van der Waals surface area contributed by atoms with E-state index in [1.807, 2.05) is 12.1 Å². The van der Waals surface area contributed by atoms with Gasteiger partial charge in [0, 0.05) is 0 Å². The fraction of sp³-hybridized carbons (Fsp3) is 0.564. The number of aliphatic hydroxyl groups excluding tert-OH is 2. The Morgan fingerprint density at radius 1 is 0.745 bits per heavy atom. The summed E-state index contributed by atoms with van der Waals surface area (Å²) in [6, 6.07) is 12.4. The number of unbranched alkanes of at least 4 members (excludes halogenated alkanes) is 8. The summed E-state index contributed by atoms with van der Waals surface area (Å²) in [5.74, 6) is 0.355.